The first kappa shape index (κ1) is 16.0. The second-order valence-electron chi connectivity index (χ2n) is 6.46. The van der Waals surface area contributed by atoms with E-state index in [1.165, 1.54) is 11.1 Å². The zero-order valence-corrected chi connectivity index (χ0v) is 13.3. The zero-order valence-electron chi connectivity index (χ0n) is 13.3. The molecule has 116 valence electrons. The molecule has 1 aromatic carbocycles. The highest BCUT2D eigenvalue weighted by atomic mass is 16.2. The maximum atomic E-state index is 12.5. The molecule has 3 heteroatoms. The Balaban J connectivity index is 1.91. The molecule has 0 saturated heterocycles. The highest BCUT2D eigenvalue weighted by Crippen LogP contribution is 2.29. The van der Waals surface area contributed by atoms with Gasteiger partial charge in [-0.25, -0.2) is 0 Å². The van der Waals surface area contributed by atoms with Gasteiger partial charge in [-0.05, 0) is 50.6 Å². The van der Waals surface area contributed by atoms with Gasteiger partial charge in [0.1, 0.15) is 0 Å². The molecular weight excluding hydrogens is 260 g/mol. The van der Waals surface area contributed by atoms with Gasteiger partial charge in [-0.1, -0.05) is 36.8 Å². The largest absolute Gasteiger partial charge is 0.335 e. The molecule has 0 radical (unpaired) electrons. The van der Waals surface area contributed by atoms with Crippen LogP contribution in [0.3, 0.4) is 0 Å². The van der Waals surface area contributed by atoms with E-state index in [1.54, 1.807) is 0 Å². The molecule has 2 N–H and O–H groups in total. The summed E-state index contributed by atoms with van der Waals surface area (Å²) in [6.45, 7) is 5.75. The van der Waals surface area contributed by atoms with E-state index in [-0.39, 0.29) is 0 Å². The molecule has 2 rings (SSSR count). The summed E-state index contributed by atoms with van der Waals surface area (Å²) in [5.41, 5.74) is 8.07. The number of hydrogen-bond acceptors (Lipinski definition) is 2. The topological polar surface area (TPSA) is 46.3 Å². The maximum Gasteiger partial charge on any atom is 0.223 e. The van der Waals surface area contributed by atoms with Gasteiger partial charge in [-0.15, -0.1) is 0 Å². The summed E-state index contributed by atoms with van der Waals surface area (Å²) in [5, 5.41) is 0. The van der Waals surface area contributed by atoms with Gasteiger partial charge in [0.25, 0.3) is 0 Å². The summed E-state index contributed by atoms with van der Waals surface area (Å²) in [6.07, 6.45) is 4.94. The van der Waals surface area contributed by atoms with Crippen molar-refractivity contribution in [2.75, 3.05) is 6.54 Å². The predicted molar refractivity (Wildman–Crippen MR) is 86.8 cm³/mol. The van der Waals surface area contributed by atoms with E-state index in [0.717, 1.165) is 32.2 Å². The molecule has 0 aromatic heterocycles. The quantitative estimate of drug-likeness (QED) is 0.798. The van der Waals surface area contributed by atoms with E-state index in [9.17, 15) is 4.79 Å². The van der Waals surface area contributed by atoms with E-state index in [0.29, 0.717) is 30.8 Å². The van der Waals surface area contributed by atoms with Gasteiger partial charge in [-0.2, -0.15) is 0 Å². The van der Waals surface area contributed by atoms with E-state index in [1.807, 2.05) is 0 Å². The normalized spacial score (nSPS) is 15.8. The lowest BCUT2D eigenvalue weighted by molar-refractivity contribution is -0.132. The molecule has 0 aliphatic heterocycles. The molecule has 1 unspecified atom stereocenters. The number of nitrogens with zero attached hydrogens (tertiary/aromatic N) is 1. The molecule has 1 fully saturated rings. The van der Waals surface area contributed by atoms with Crippen molar-refractivity contribution < 1.29 is 4.79 Å². The van der Waals surface area contributed by atoms with Crippen LogP contribution < -0.4 is 5.73 Å². The molecular formula is C18H28N2O. The van der Waals surface area contributed by atoms with Crippen molar-refractivity contribution in [3.63, 3.8) is 0 Å². The van der Waals surface area contributed by atoms with E-state index in [2.05, 4.69) is 43.0 Å². The predicted octanol–water partition coefficient (Wildman–Crippen LogP) is 3.25. The minimum absolute atomic E-state index is 0.308. The average molecular weight is 288 g/mol. The number of carbonyl (C=O) groups excluding carboxylic acids is 1. The summed E-state index contributed by atoms with van der Waals surface area (Å²) >= 11 is 0. The van der Waals surface area contributed by atoms with Gasteiger partial charge < -0.3 is 10.6 Å². The lowest BCUT2D eigenvalue weighted by atomic mass is 10.0. The second kappa shape index (κ2) is 7.60. The van der Waals surface area contributed by atoms with Crippen molar-refractivity contribution in [3.8, 4) is 0 Å². The van der Waals surface area contributed by atoms with Crippen LogP contribution in [-0.4, -0.2) is 23.4 Å². The van der Waals surface area contributed by atoms with Crippen LogP contribution in [0.15, 0.2) is 24.3 Å². The van der Waals surface area contributed by atoms with E-state index in [4.69, 9.17) is 5.73 Å². The number of benzene rings is 1. The van der Waals surface area contributed by atoms with Crippen molar-refractivity contribution in [2.24, 2.45) is 11.7 Å². The third kappa shape index (κ3) is 5.16. The summed E-state index contributed by atoms with van der Waals surface area (Å²) in [7, 11) is 0. The molecule has 1 aliphatic rings. The monoisotopic (exact) mass is 288 g/mol. The third-order valence-electron chi connectivity index (χ3n) is 4.25. The number of rotatable bonds is 8. The Morgan fingerprint density at radius 3 is 2.76 bits per heavy atom. The highest BCUT2D eigenvalue weighted by molar-refractivity contribution is 5.76. The lowest BCUT2D eigenvalue weighted by Gasteiger charge is -2.23. The average Bonchev–Trinajstić information content (AvgIpc) is 3.27. The van der Waals surface area contributed by atoms with Crippen LogP contribution in [0, 0.1) is 12.8 Å². The van der Waals surface area contributed by atoms with Crippen molar-refractivity contribution in [1.82, 2.24) is 4.90 Å². The fourth-order valence-electron chi connectivity index (χ4n) is 2.76. The molecule has 0 bridgehead atoms. The standard InChI is InChI=1S/C18H28N2O/c1-14(10-11-19)6-9-18(21)20(17-7-8-17)13-16-5-3-4-15(2)12-16/h3-5,12,14,17H,6-11,13,19H2,1-2H3. The third-order valence-corrected chi connectivity index (χ3v) is 4.25. The second-order valence-corrected chi connectivity index (χ2v) is 6.46. The molecule has 0 spiro atoms. The first-order chi connectivity index (χ1) is 10.1. The van der Waals surface area contributed by atoms with E-state index >= 15 is 0 Å². The number of carbonyl (C=O) groups is 1. The number of nitrogens with two attached hydrogens (primary N) is 1. The van der Waals surface area contributed by atoms with Crippen LogP contribution >= 0.6 is 0 Å². The molecule has 0 heterocycles. The maximum absolute atomic E-state index is 12.5. The van der Waals surface area contributed by atoms with Gasteiger partial charge >= 0.3 is 0 Å². The lowest BCUT2D eigenvalue weighted by Crippen LogP contribution is -2.32. The fourth-order valence-corrected chi connectivity index (χ4v) is 2.76. The molecule has 1 aliphatic carbocycles. The van der Waals surface area contributed by atoms with Crippen molar-refractivity contribution in [1.29, 1.82) is 0 Å². The van der Waals surface area contributed by atoms with E-state index < -0.39 is 0 Å². The first-order valence-corrected chi connectivity index (χ1v) is 8.15. The molecule has 1 aromatic rings. The summed E-state index contributed by atoms with van der Waals surface area (Å²) < 4.78 is 0. The van der Waals surface area contributed by atoms with Crippen LogP contribution in [-0.2, 0) is 11.3 Å². The number of hydrogen-bond donors (Lipinski definition) is 1. The van der Waals surface area contributed by atoms with Crippen LogP contribution in [0.2, 0.25) is 0 Å². The fraction of sp³-hybridized carbons (Fsp3) is 0.611. The molecule has 21 heavy (non-hydrogen) atoms. The summed E-state index contributed by atoms with van der Waals surface area (Å²) in [4.78, 5) is 14.6. The Morgan fingerprint density at radius 2 is 2.14 bits per heavy atom. The van der Waals surface area contributed by atoms with Gasteiger partial charge in [-0.3, -0.25) is 4.79 Å². The summed E-state index contributed by atoms with van der Waals surface area (Å²) in [5.74, 6) is 0.849. The van der Waals surface area contributed by atoms with Crippen LogP contribution in [0.5, 0.6) is 0 Å². The van der Waals surface area contributed by atoms with Gasteiger partial charge in [0.15, 0.2) is 0 Å². The Morgan fingerprint density at radius 1 is 1.38 bits per heavy atom. The number of aryl methyl sites for hydroxylation is 1. The molecule has 1 amide bonds. The van der Waals surface area contributed by atoms with Crippen molar-refractivity contribution in [3.05, 3.63) is 35.4 Å². The van der Waals surface area contributed by atoms with Crippen molar-refractivity contribution in [2.45, 2.75) is 58.5 Å². The number of amides is 1. The van der Waals surface area contributed by atoms with Gasteiger partial charge in [0.2, 0.25) is 5.91 Å². The zero-order chi connectivity index (χ0) is 15.2. The van der Waals surface area contributed by atoms with Gasteiger partial charge in [0.05, 0.1) is 0 Å². The smallest absolute Gasteiger partial charge is 0.223 e. The first-order valence-electron chi connectivity index (χ1n) is 8.15. The highest BCUT2D eigenvalue weighted by Gasteiger charge is 2.32. The van der Waals surface area contributed by atoms with Crippen LogP contribution in [0.4, 0.5) is 0 Å². The van der Waals surface area contributed by atoms with Crippen LogP contribution in [0.25, 0.3) is 0 Å². The Kier molecular flexibility index (Phi) is 5.80. The SMILES string of the molecule is Cc1cccc(CN(C(=O)CCC(C)CCN)C2CC2)c1. The van der Waals surface area contributed by atoms with Crippen LogP contribution in [0.1, 0.15) is 50.2 Å². The molecule has 1 saturated carbocycles. The summed E-state index contributed by atoms with van der Waals surface area (Å²) in [6, 6.07) is 8.94. The Hall–Kier alpha value is -1.35. The molecule has 1 atom stereocenters. The molecule has 3 nitrogen and oxygen atoms in total. The minimum Gasteiger partial charge on any atom is -0.335 e. The Bertz CT molecular complexity index is 468. The van der Waals surface area contributed by atoms with Gasteiger partial charge in [0, 0.05) is 19.0 Å². The minimum atomic E-state index is 0.308. The van der Waals surface area contributed by atoms with Crippen molar-refractivity contribution >= 4 is 5.91 Å². The Labute approximate surface area is 128 Å².